The van der Waals surface area contributed by atoms with E-state index in [0.717, 1.165) is 22.4 Å². The molecule has 0 aliphatic carbocycles. The number of allylic oxidation sites excluding steroid dienone is 2. The average Bonchev–Trinajstić information content (AvgIpc) is 2.91. The van der Waals surface area contributed by atoms with Gasteiger partial charge in [0, 0.05) is 41.3 Å². The van der Waals surface area contributed by atoms with Crippen molar-refractivity contribution in [1.82, 2.24) is 4.98 Å². The molecule has 5 nitrogen and oxygen atoms in total. The zero-order valence-electron chi connectivity index (χ0n) is 14.4. The van der Waals surface area contributed by atoms with Gasteiger partial charge in [0.2, 0.25) is 0 Å². The number of nitrogens with zero attached hydrogens (tertiary/aromatic N) is 2. The predicted molar refractivity (Wildman–Crippen MR) is 101 cm³/mol. The van der Waals surface area contributed by atoms with E-state index < -0.39 is 12.3 Å². The van der Waals surface area contributed by atoms with Gasteiger partial charge in [-0.15, -0.1) is 0 Å². The number of alkyl halides is 1. The van der Waals surface area contributed by atoms with E-state index in [-0.39, 0.29) is 13.2 Å². The predicted octanol–water partition coefficient (Wildman–Crippen LogP) is 2.62. The number of pyridine rings is 1. The number of aliphatic hydroxyl groups excluding tert-OH is 1. The molecule has 0 fully saturated rings. The number of aromatic nitrogens is 1. The van der Waals surface area contributed by atoms with Crippen LogP contribution in [0.15, 0.2) is 61.5 Å². The lowest BCUT2D eigenvalue weighted by Gasteiger charge is -2.38. The lowest BCUT2D eigenvalue weighted by molar-refractivity contribution is 0.272. The van der Waals surface area contributed by atoms with Gasteiger partial charge in [0.1, 0.15) is 24.7 Å². The quantitative estimate of drug-likeness (QED) is 0.799. The first-order valence-electron chi connectivity index (χ1n) is 8.41. The highest BCUT2D eigenvalue weighted by atomic mass is 19.1. The molecule has 136 valence electrons. The van der Waals surface area contributed by atoms with Crippen molar-refractivity contribution in [2.45, 2.75) is 5.66 Å². The fourth-order valence-corrected chi connectivity index (χ4v) is 3.39. The van der Waals surface area contributed by atoms with Gasteiger partial charge in [-0.2, -0.15) is 0 Å². The number of ether oxygens (including phenoxy) is 1. The molecule has 6 heteroatoms. The van der Waals surface area contributed by atoms with Crippen molar-refractivity contribution in [3.05, 3.63) is 72.6 Å². The van der Waals surface area contributed by atoms with Crippen LogP contribution in [0.5, 0.6) is 5.75 Å². The SMILES string of the molecule is C=C/C=C1/c2cnccc2N(CCO)C1(N)c1cccc(OCCF)c1. The van der Waals surface area contributed by atoms with E-state index in [9.17, 15) is 9.50 Å². The summed E-state index contributed by atoms with van der Waals surface area (Å²) in [6.45, 7) is 3.51. The van der Waals surface area contributed by atoms with E-state index in [1.54, 1.807) is 30.6 Å². The summed E-state index contributed by atoms with van der Waals surface area (Å²) in [7, 11) is 0. The summed E-state index contributed by atoms with van der Waals surface area (Å²) in [5.74, 6) is 0.543. The van der Waals surface area contributed by atoms with Crippen LogP contribution in [0.2, 0.25) is 0 Å². The Morgan fingerprint density at radius 3 is 2.96 bits per heavy atom. The van der Waals surface area contributed by atoms with Crippen LogP contribution in [0.25, 0.3) is 5.57 Å². The Morgan fingerprint density at radius 1 is 1.38 bits per heavy atom. The molecule has 1 aromatic carbocycles. The highest BCUT2D eigenvalue weighted by Crippen LogP contribution is 2.49. The van der Waals surface area contributed by atoms with E-state index in [2.05, 4.69) is 11.6 Å². The van der Waals surface area contributed by atoms with Gasteiger partial charge in [0.15, 0.2) is 0 Å². The standard InChI is InChI=1S/C20H22FN3O2/c1-2-4-18-17-14-23-9-7-19(17)24(10-11-25)20(18,22)15-5-3-6-16(13-15)26-12-8-21/h2-7,9,13-14,25H,1,8,10-12,22H2/b18-4-. The molecule has 0 saturated carbocycles. The Bertz CT molecular complexity index is 824. The maximum atomic E-state index is 12.4. The van der Waals surface area contributed by atoms with Crippen LogP contribution >= 0.6 is 0 Å². The molecule has 0 amide bonds. The largest absolute Gasteiger partial charge is 0.491 e. The van der Waals surface area contributed by atoms with Gasteiger partial charge in [-0.05, 0) is 18.2 Å². The molecule has 0 radical (unpaired) electrons. The topological polar surface area (TPSA) is 71.6 Å². The summed E-state index contributed by atoms with van der Waals surface area (Å²) < 4.78 is 17.9. The number of β-amino-alcohol motifs (C(OH)–C–C–N with tert-alkyl or cyclic N) is 1. The number of rotatable bonds is 7. The molecule has 1 aliphatic heterocycles. The summed E-state index contributed by atoms with van der Waals surface area (Å²) in [5, 5.41) is 9.60. The van der Waals surface area contributed by atoms with Crippen LogP contribution in [0, 0.1) is 0 Å². The maximum absolute atomic E-state index is 12.4. The van der Waals surface area contributed by atoms with Gasteiger partial charge in [-0.3, -0.25) is 4.98 Å². The maximum Gasteiger partial charge on any atom is 0.142 e. The molecule has 2 aromatic rings. The molecule has 0 bridgehead atoms. The Balaban J connectivity index is 2.16. The molecule has 1 aromatic heterocycles. The van der Waals surface area contributed by atoms with Gasteiger partial charge in [-0.1, -0.05) is 30.9 Å². The minimum atomic E-state index is -1.03. The number of hydrogen-bond donors (Lipinski definition) is 2. The molecule has 3 rings (SSSR count). The van der Waals surface area contributed by atoms with Crippen LogP contribution in [0.3, 0.4) is 0 Å². The first-order chi connectivity index (χ1) is 12.7. The molecule has 2 heterocycles. The van der Waals surface area contributed by atoms with Gasteiger partial charge in [0.25, 0.3) is 0 Å². The van der Waals surface area contributed by atoms with Gasteiger partial charge < -0.3 is 20.5 Å². The highest BCUT2D eigenvalue weighted by Gasteiger charge is 2.46. The van der Waals surface area contributed by atoms with Crippen LogP contribution in [0.1, 0.15) is 11.1 Å². The Kier molecular flexibility index (Phi) is 5.35. The van der Waals surface area contributed by atoms with E-state index in [0.29, 0.717) is 12.3 Å². The number of benzene rings is 1. The third kappa shape index (κ3) is 2.98. The summed E-state index contributed by atoms with van der Waals surface area (Å²) in [6, 6.07) is 9.15. The lowest BCUT2D eigenvalue weighted by atomic mass is 9.90. The minimum Gasteiger partial charge on any atom is -0.491 e. The third-order valence-electron chi connectivity index (χ3n) is 4.44. The normalized spacial score (nSPS) is 20.3. The fourth-order valence-electron chi connectivity index (χ4n) is 3.39. The lowest BCUT2D eigenvalue weighted by Crippen LogP contribution is -2.52. The van der Waals surface area contributed by atoms with E-state index in [1.807, 2.05) is 29.2 Å². The van der Waals surface area contributed by atoms with Crippen LogP contribution < -0.4 is 15.4 Å². The van der Waals surface area contributed by atoms with Crippen molar-refractivity contribution in [3.63, 3.8) is 0 Å². The van der Waals surface area contributed by atoms with Gasteiger partial charge in [-0.25, -0.2) is 4.39 Å². The number of hydrogen-bond acceptors (Lipinski definition) is 5. The zero-order valence-corrected chi connectivity index (χ0v) is 14.4. The summed E-state index contributed by atoms with van der Waals surface area (Å²) in [6.07, 6.45) is 6.99. The number of aliphatic hydroxyl groups is 1. The monoisotopic (exact) mass is 355 g/mol. The number of halogens is 1. The van der Waals surface area contributed by atoms with Crippen molar-refractivity contribution >= 4 is 11.3 Å². The van der Waals surface area contributed by atoms with E-state index >= 15 is 0 Å². The first kappa shape index (κ1) is 18.1. The van der Waals surface area contributed by atoms with E-state index in [1.165, 1.54) is 0 Å². The summed E-state index contributed by atoms with van der Waals surface area (Å²) in [5.41, 5.74) is 9.27. The smallest absolute Gasteiger partial charge is 0.142 e. The van der Waals surface area contributed by atoms with Gasteiger partial charge >= 0.3 is 0 Å². The first-order valence-corrected chi connectivity index (χ1v) is 8.41. The molecule has 0 spiro atoms. The summed E-state index contributed by atoms with van der Waals surface area (Å²) >= 11 is 0. The Hall–Kier alpha value is -2.70. The Morgan fingerprint density at radius 2 is 2.23 bits per heavy atom. The second-order valence-electron chi connectivity index (χ2n) is 5.92. The van der Waals surface area contributed by atoms with Crippen molar-refractivity contribution < 1.29 is 14.2 Å². The zero-order chi connectivity index (χ0) is 18.6. The second kappa shape index (κ2) is 7.68. The van der Waals surface area contributed by atoms with Gasteiger partial charge in [0.05, 0.1) is 6.61 Å². The molecular weight excluding hydrogens is 333 g/mol. The molecule has 1 unspecified atom stereocenters. The van der Waals surface area contributed by atoms with E-state index in [4.69, 9.17) is 10.5 Å². The molecular formula is C20H22FN3O2. The van der Waals surface area contributed by atoms with Crippen molar-refractivity contribution in [2.75, 3.05) is 31.3 Å². The molecule has 1 aliphatic rings. The Labute approximate surface area is 152 Å². The fraction of sp³-hybridized carbons (Fsp3) is 0.250. The third-order valence-corrected chi connectivity index (χ3v) is 4.44. The highest BCUT2D eigenvalue weighted by molar-refractivity contribution is 5.91. The van der Waals surface area contributed by atoms with Crippen LogP contribution in [-0.2, 0) is 5.66 Å². The van der Waals surface area contributed by atoms with Crippen molar-refractivity contribution in [1.29, 1.82) is 0 Å². The van der Waals surface area contributed by atoms with Crippen molar-refractivity contribution in [3.8, 4) is 5.75 Å². The molecule has 1 atom stereocenters. The number of nitrogens with two attached hydrogens (primary N) is 1. The second-order valence-corrected chi connectivity index (χ2v) is 5.92. The minimum absolute atomic E-state index is 0.0130. The number of fused-ring (bicyclic) bond motifs is 1. The average molecular weight is 355 g/mol. The van der Waals surface area contributed by atoms with Crippen LogP contribution in [-0.4, -0.2) is 36.5 Å². The van der Waals surface area contributed by atoms with Crippen LogP contribution in [0.4, 0.5) is 10.1 Å². The van der Waals surface area contributed by atoms with Crippen molar-refractivity contribution in [2.24, 2.45) is 5.73 Å². The summed E-state index contributed by atoms with van der Waals surface area (Å²) in [4.78, 5) is 6.15. The molecule has 3 N–H and O–H groups in total. The molecule has 26 heavy (non-hydrogen) atoms. The molecule has 0 saturated heterocycles. The number of anilines is 1.